The first-order valence-corrected chi connectivity index (χ1v) is 13.1. The number of esters is 1. The van der Waals surface area contributed by atoms with E-state index in [1.54, 1.807) is 19.1 Å². The molecule has 1 fully saturated rings. The van der Waals surface area contributed by atoms with Gasteiger partial charge >= 0.3 is 5.97 Å². The molecule has 0 bridgehead atoms. The van der Waals surface area contributed by atoms with Gasteiger partial charge < -0.3 is 15.0 Å². The van der Waals surface area contributed by atoms with Crippen LogP contribution in [0, 0.1) is 12.7 Å². The maximum atomic E-state index is 13.4. The molecule has 0 atom stereocenters. The zero-order valence-corrected chi connectivity index (χ0v) is 22.0. The minimum atomic E-state index is -0.405. The lowest BCUT2D eigenvalue weighted by Gasteiger charge is -2.36. The SMILES string of the molecule is CCOC(=O)c1c(NC(=S)N2CCN(Cc3ccc(F)c(Cl)c3)CC2)sc(C)c1-c1ccccc1. The molecule has 1 aliphatic heterocycles. The van der Waals surface area contributed by atoms with Gasteiger partial charge in [0.2, 0.25) is 0 Å². The Balaban J connectivity index is 1.45. The van der Waals surface area contributed by atoms with Gasteiger partial charge in [-0.3, -0.25) is 4.90 Å². The molecule has 0 saturated carbocycles. The van der Waals surface area contributed by atoms with Gasteiger partial charge in [0.05, 0.1) is 11.6 Å². The fourth-order valence-electron chi connectivity index (χ4n) is 4.16. The normalized spacial score (nSPS) is 14.1. The molecule has 0 radical (unpaired) electrons. The molecule has 0 spiro atoms. The zero-order valence-electron chi connectivity index (χ0n) is 19.6. The van der Waals surface area contributed by atoms with Gasteiger partial charge in [0.15, 0.2) is 5.11 Å². The van der Waals surface area contributed by atoms with Gasteiger partial charge in [-0.05, 0) is 49.3 Å². The molecule has 1 saturated heterocycles. The molecule has 1 aliphatic rings. The van der Waals surface area contributed by atoms with Crippen molar-refractivity contribution in [2.75, 3.05) is 38.1 Å². The molecular formula is C26H27ClFN3O2S2. The summed E-state index contributed by atoms with van der Waals surface area (Å²) in [6, 6.07) is 14.7. The number of rotatable bonds is 6. The lowest BCUT2D eigenvalue weighted by atomic mass is 10.0. The van der Waals surface area contributed by atoms with E-state index in [0.29, 0.717) is 28.8 Å². The van der Waals surface area contributed by atoms with E-state index < -0.39 is 5.82 Å². The van der Waals surface area contributed by atoms with Crippen LogP contribution in [0.1, 0.15) is 27.7 Å². The number of hydrogen-bond donors (Lipinski definition) is 1. The van der Waals surface area contributed by atoms with Crippen LogP contribution < -0.4 is 5.32 Å². The maximum absolute atomic E-state index is 13.4. The highest BCUT2D eigenvalue weighted by Gasteiger charge is 2.26. The van der Waals surface area contributed by atoms with E-state index in [9.17, 15) is 9.18 Å². The number of piperazine rings is 1. The van der Waals surface area contributed by atoms with E-state index in [0.717, 1.165) is 47.7 Å². The third kappa shape index (κ3) is 6.01. The van der Waals surface area contributed by atoms with Crippen LogP contribution in [-0.2, 0) is 11.3 Å². The number of carbonyl (C=O) groups is 1. The Hall–Kier alpha value is -2.52. The third-order valence-corrected chi connectivity index (χ3v) is 7.57. The van der Waals surface area contributed by atoms with Gasteiger partial charge in [0, 0.05) is 43.2 Å². The summed E-state index contributed by atoms with van der Waals surface area (Å²) in [6.07, 6.45) is 0. The molecule has 35 heavy (non-hydrogen) atoms. The van der Waals surface area contributed by atoms with Crippen molar-refractivity contribution in [2.24, 2.45) is 0 Å². The first kappa shape index (κ1) is 25.6. The minimum absolute atomic E-state index is 0.144. The van der Waals surface area contributed by atoms with Crippen molar-refractivity contribution in [3.8, 4) is 11.1 Å². The van der Waals surface area contributed by atoms with Crippen molar-refractivity contribution in [3.63, 3.8) is 0 Å². The van der Waals surface area contributed by atoms with Crippen molar-refractivity contribution in [1.82, 2.24) is 9.80 Å². The standard InChI is InChI=1S/C26H27ClFN3O2S2/c1-3-33-25(32)23-22(19-7-5-4-6-8-19)17(2)35-24(23)29-26(34)31-13-11-30(12-14-31)16-18-9-10-21(28)20(27)15-18/h4-10,15H,3,11-14,16H2,1-2H3,(H,29,34). The summed E-state index contributed by atoms with van der Waals surface area (Å²) in [7, 11) is 0. The quantitative estimate of drug-likeness (QED) is 0.301. The summed E-state index contributed by atoms with van der Waals surface area (Å²) in [5.74, 6) is -0.762. The van der Waals surface area contributed by atoms with Gasteiger partial charge in [-0.15, -0.1) is 11.3 Å². The number of hydrogen-bond acceptors (Lipinski definition) is 5. The number of thiophene rings is 1. The fourth-order valence-corrected chi connectivity index (χ4v) is 5.78. The highest BCUT2D eigenvalue weighted by atomic mass is 35.5. The fraction of sp³-hybridized carbons (Fsp3) is 0.308. The van der Waals surface area contributed by atoms with Crippen LogP contribution in [0.5, 0.6) is 0 Å². The Kier molecular flexibility index (Phi) is 8.38. The number of nitrogens with one attached hydrogen (secondary N) is 1. The second-order valence-electron chi connectivity index (χ2n) is 8.27. The smallest absolute Gasteiger partial charge is 0.341 e. The van der Waals surface area contributed by atoms with Crippen molar-refractivity contribution < 1.29 is 13.9 Å². The summed E-state index contributed by atoms with van der Waals surface area (Å²) in [5.41, 5.74) is 3.35. The first-order valence-electron chi connectivity index (χ1n) is 11.5. The molecule has 0 aliphatic carbocycles. The number of aryl methyl sites for hydroxylation is 1. The highest BCUT2D eigenvalue weighted by Crippen LogP contribution is 2.40. The highest BCUT2D eigenvalue weighted by molar-refractivity contribution is 7.80. The molecule has 2 heterocycles. The van der Waals surface area contributed by atoms with Crippen molar-refractivity contribution in [1.29, 1.82) is 0 Å². The molecule has 184 valence electrons. The number of thiocarbonyl (C=S) groups is 1. The lowest BCUT2D eigenvalue weighted by molar-refractivity contribution is 0.0529. The lowest BCUT2D eigenvalue weighted by Crippen LogP contribution is -2.49. The minimum Gasteiger partial charge on any atom is -0.462 e. The molecule has 1 aromatic heterocycles. The number of ether oxygens (including phenoxy) is 1. The Morgan fingerprint density at radius 3 is 2.54 bits per heavy atom. The third-order valence-electron chi connectivity index (χ3n) is 5.90. The number of halogens is 2. The van der Waals surface area contributed by atoms with E-state index >= 15 is 0 Å². The Labute approximate surface area is 219 Å². The average molecular weight is 532 g/mol. The molecular weight excluding hydrogens is 505 g/mol. The van der Waals surface area contributed by atoms with Crippen LogP contribution in [0.3, 0.4) is 0 Å². The first-order chi connectivity index (χ1) is 16.9. The van der Waals surface area contributed by atoms with E-state index in [1.807, 2.05) is 37.3 Å². The largest absolute Gasteiger partial charge is 0.462 e. The van der Waals surface area contributed by atoms with Gasteiger partial charge in [-0.1, -0.05) is 48.0 Å². The van der Waals surface area contributed by atoms with Crippen molar-refractivity contribution in [3.05, 3.63) is 75.4 Å². The van der Waals surface area contributed by atoms with E-state index in [1.165, 1.54) is 17.4 Å². The molecule has 0 unspecified atom stereocenters. The summed E-state index contributed by atoms with van der Waals surface area (Å²) >= 11 is 13.2. The molecule has 9 heteroatoms. The molecule has 4 rings (SSSR count). The van der Waals surface area contributed by atoms with Crippen LogP contribution in [0.2, 0.25) is 5.02 Å². The molecule has 1 N–H and O–H groups in total. The van der Waals surface area contributed by atoms with Crippen molar-refractivity contribution >= 4 is 51.2 Å². The van der Waals surface area contributed by atoms with E-state index in [2.05, 4.69) is 15.1 Å². The van der Waals surface area contributed by atoms with Crippen LogP contribution in [-0.4, -0.2) is 53.7 Å². The Morgan fingerprint density at radius 2 is 1.89 bits per heavy atom. The van der Waals surface area contributed by atoms with Crippen LogP contribution in [0.15, 0.2) is 48.5 Å². The van der Waals surface area contributed by atoms with Gasteiger partial charge in [-0.25, -0.2) is 9.18 Å². The molecule has 5 nitrogen and oxygen atoms in total. The summed E-state index contributed by atoms with van der Waals surface area (Å²) in [4.78, 5) is 18.4. The maximum Gasteiger partial charge on any atom is 0.341 e. The Morgan fingerprint density at radius 1 is 1.17 bits per heavy atom. The summed E-state index contributed by atoms with van der Waals surface area (Å²) in [6.45, 7) is 7.90. The average Bonchev–Trinajstić information content (AvgIpc) is 3.18. The Bertz CT molecular complexity index is 1210. The number of carbonyl (C=O) groups excluding carboxylic acids is 1. The van der Waals surface area contributed by atoms with Gasteiger partial charge in [0.1, 0.15) is 16.4 Å². The predicted octanol–water partition coefficient (Wildman–Crippen LogP) is 6.21. The van der Waals surface area contributed by atoms with E-state index in [-0.39, 0.29) is 11.0 Å². The molecule has 2 aromatic carbocycles. The molecule has 3 aromatic rings. The summed E-state index contributed by atoms with van der Waals surface area (Å²) in [5, 5.41) is 4.76. The van der Waals surface area contributed by atoms with Crippen LogP contribution in [0.25, 0.3) is 11.1 Å². The number of anilines is 1. The predicted molar refractivity (Wildman–Crippen MR) is 145 cm³/mol. The van der Waals surface area contributed by atoms with Crippen LogP contribution >= 0.6 is 35.2 Å². The van der Waals surface area contributed by atoms with Crippen molar-refractivity contribution in [2.45, 2.75) is 20.4 Å². The number of nitrogens with zero attached hydrogens (tertiary/aromatic N) is 2. The topological polar surface area (TPSA) is 44.8 Å². The monoisotopic (exact) mass is 531 g/mol. The number of benzene rings is 2. The zero-order chi connectivity index (χ0) is 24.9. The molecule has 0 amide bonds. The van der Waals surface area contributed by atoms with Crippen LogP contribution in [0.4, 0.5) is 9.39 Å². The second-order valence-corrected chi connectivity index (χ2v) is 10.3. The van der Waals surface area contributed by atoms with E-state index in [4.69, 9.17) is 28.6 Å². The second kappa shape index (κ2) is 11.5. The van der Waals surface area contributed by atoms with Gasteiger partial charge in [0.25, 0.3) is 0 Å². The van der Waals surface area contributed by atoms with Gasteiger partial charge in [-0.2, -0.15) is 0 Å². The summed E-state index contributed by atoms with van der Waals surface area (Å²) < 4.78 is 18.8.